The number of benzene rings is 2. The predicted molar refractivity (Wildman–Crippen MR) is 132 cm³/mol. The number of carbonyl (C=O) groups excluding carboxylic acids is 2. The zero-order chi connectivity index (χ0) is 23.7. The van der Waals surface area contributed by atoms with Gasteiger partial charge in [0, 0.05) is 17.7 Å². The van der Waals surface area contributed by atoms with E-state index in [0.29, 0.717) is 5.56 Å². The van der Waals surface area contributed by atoms with Crippen LogP contribution >= 0.6 is 15.9 Å². The SMILES string of the molecule is COC(=O)c1ccc(C=Cc2cc3c(cc2CBr)C(C)(C)CC(OC(C)=O)C3(C)C)cc1. The molecule has 0 saturated heterocycles. The Bertz CT molecular complexity index is 1050. The summed E-state index contributed by atoms with van der Waals surface area (Å²) in [5.74, 6) is -0.584. The number of esters is 2. The maximum atomic E-state index is 11.8. The van der Waals surface area contributed by atoms with E-state index in [9.17, 15) is 9.59 Å². The van der Waals surface area contributed by atoms with Gasteiger partial charge in [-0.15, -0.1) is 0 Å². The molecule has 3 rings (SSSR count). The molecule has 4 nitrogen and oxygen atoms in total. The van der Waals surface area contributed by atoms with Crippen molar-refractivity contribution in [2.24, 2.45) is 0 Å². The summed E-state index contributed by atoms with van der Waals surface area (Å²) in [4.78, 5) is 23.4. The summed E-state index contributed by atoms with van der Waals surface area (Å²) >= 11 is 3.65. The van der Waals surface area contributed by atoms with E-state index in [-0.39, 0.29) is 28.9 Å². The molecule has 1 atom stereocenters. The van der Waals surface area contributed by atoms with Crippen LogP contribution in [0.2, 0.25) is 0 Å². The van der Waals surface area contributed by atoms with E-state index in [4.69, 9.17) is 9.47 Å². The van der Waals surface area contributed by atoms with Crippen molar-refractivity contribution in [2.45, 2.75) is 63.3 Å². The molecule has 0 radical (unpaired) electrons. The highest BCUT2D eigenvalue weighted by Gasteiger charge is 2.46. The maximum Gasteiger partial charge on any atom is 0.337 e. The number of halogens is 1. The molecule has 170 valence electrons. The maximum absolute atomic E-state index is 11.8. The van der Waals surface area contributed by atoms with Crippen molar-refractivity contribution in [3.05, 3.63) is 69.8 Å². The second-order valence-electron chi connectivity index (χ2n) is 9.58. The monoisotopic (exact) mass is 498 g/mol. The number of alkyl halides is 1. The van der Waals surface area contributed by atoms with Crippen LogP contribution in [-0.2, 0) is 30.4 Å². The van der Waals surface area contributed by atoms with Gasteiger partial charge in [0.2, 0.25) is 0 Å². The van der Waals surface area contributed by atoms with Crippen LogP contribution in [-0.4, -0.2) is 25.2 Å². The second kappa shape index (κ2) is 9.22. The van der Waals surface area contributed by atoms with Crippen molar-refractivity contribution < 1.29 is 19.1 Å². The molecule has 5 heteroatoms. The number of fused-ring (bicyclic) bond motifs is 1. The molecule has 2 aromatic rings. The first-order chi connectivity index (χ1) is 15.0. The smallest absolute Gasteiger partial charge is 0.337 e. The third kappa shape index (κ3) is 4.83. The van der Waals surface area contributed by atoms with Crippen molar-refractivity contribution in [1.29, 1.82) is 0 Å². The first kappa shape index (κ1) is 24.2. The van der Waals surface area contributed by atoms with Gasteiger partial charge in [-0.3, -0.25) is 4.79 Å². The molecule has 1 unspecified atom stereocenters. The van der Waals surface area contributed by atoms with Gasteiger partial charge in [-0.05, 0) is 51.8 Å². The molecule has 1 aliphatic carbocycles. The zero-order valence-electron chi connectivity index (χ0n) is 19.6. The highest BCUT2D eigenvalue weighted by molar-refractivity contribution is 9.08. The van der Waals surface area contributed by atoms with E-state index < -0.39 is 0 Å². The van der Waals surface area contributed by atoms with E-state index in [1.807, 2.05) is 18.2 Å². The molecule has 0 spiro atoms. The van der Waals surface area contributed by atoms with Crippen molar-refractivity contribution in [3.63, 3.8) is 0 Å². The van der Waals surface area contributed by atoms with Gasteiger partial charge < -0.3 is 9.47 Å². The van der Waals surface area contributed by atoms with Crippen molar-refractivity contribution in [1.82, 2.24) is 0 Å². The minimum absolute atomic E-state index is 0.103. The Labute approximate surface area is 199 Å². The second-order valence-corrected chi connectivity index (χ2v) is 10.1. The zero-order valence-corrected chi connectivity index (χ0v) is 21.2. The Morgan fingerprint density at radius 2 is 1.72 bits per heavy atom. The lowest BCUT2D eigenvalue weighted by Crippen LogP contribution is -2.47. The lowest BCUT2D eigenvalue weighted by atomic mass is 9.61. The molecule has 2 aromatic carbocycles. The van der Waals surface area contributed by atoms with Crippen LogP contribution in [0.5, 0.6) is 0 Å². The molecule has 32 heavy (non-hydrogen) atoms. The highest BCUT2D eigenvalue weighted by atomic mass is 79.9. The molecule has 0 N–H and O–H groups in total. The fraction of sp³-hybridized carbons (Fsp3) is 0.407. The molecule has 0 aromatic heterocycles. The average molecular weight is 499 g/mol. The number of ether oxygens (including phenoxy) is 2. The van der Waals surface area contributed by atoms with E-state index >= 15 is 0 Å². The number of hydrogen-bond acceptors (Lipinski definition) is 4. The summed E-state index contributed by atoms with van der Waals surface area (Å²) in [6.07, 6.45) is 4.75. The summed E-state index contributed by atoms with van der Waals surface area (Å²) in [6, 6.07) is 11.9. The molecule has 0 bridgehead atoms. The molecular weight excluding hydrogens is 468 g/mol. The minimum Gasteiger partial charge on any atom is -0.465 e. The molecule has 1 aliphatic rings. The third-order valence-corrected chi connectivity index (χ3v) is 7.05. The summed E-state index contributed by atoms with van der Waals surface area (Å²) in [5, 5.41) is 0.741. The van der Waals surface area contributed by atoms with Gasteiger partial charge in [-0.25, -0.2) is 4.79 Å². The Kier molecular flexibility index (Phi) is 6.99. The lowest BCUT2D eigenvalue weighted by Gasteiger charge is -2.47. The Hall–Kier alpha value is -2.40. The van der Waals surface area contributed by atoms with Crippen molar-refractivity contribution in [3.8, 4) is 0 Å². The standard InChI is InChI=1S/C27H31BrO4/c1-17(29)32-24-15-26(2,3)22-14-21(16-28)20(13-23(22)27(24,4)5)12-9-18-7-10-19(11-8-18)25(30)31-6/h7-14,24H,15-16H2,1-6H3. The predicted octanol–water partition coefficient (Wildman–Crippen LogP) is 6.43. The van der Waals surface area contributed by atoms with Gasteiger partial charge in [0.05, 0.1) is 12.7 Å². The summed E-state index contributed by atoms with van der Waals surface area (Å²) in [6.45, 7) is 10.2. The fourth-order valence-electron chi connectivity index (χ4n) is 4.45. The van der Waals surface area contributed by atoms with E-state index in [2.05, 4.69) is 61.8 Å². The van der Waals surface area contributed by atoms with E-state index in [0.717, 1.165) is 22.9 Å². The van der Waals surface area contributed by atoms with Gasteiger partial charge in [0.15, 0.2) is 0 Å². The molecule has 0 aliphatic heterocycles. The van der Waals surface area contributed by atoms with Gasteiger partial charge in [-0.2, -0.15) is 0 Å². The fourth-order valence-corrected chi connectivity index (χ4v) is 4.94. The normalized spacial score (nSPS) is 18.8. The Morgan fingerprint density at radius 1 is 1.06 bits per heavy atom. The molecule has 0 saturated carbocycles. The van der Waals surface area contributed by atoms with Crippen LogP contribution in [0.1, 0.15) is 79.2 Å². The van der Waals surface area contributed by atoms with Crippen LogP contribution in [0.3, 0.4) is 0 Å². The number of carbonyl (C=O) groups is 2. The lowest BCUT2D eigenvalue weighted by molar-refractivity contribution is -0.151. The van der Waals surface area contributed by atoms with Crippen LogP contribution in [0.25, 0.3) is 12.2 Å². The van der Waals surface area contributed by atoms with Crippen LogP contribution in [0.4, 0.5) is 0 Å². The quantitative estimate of drug-likeness (QED) is 0.270. The number of rotatable bonds is 5. The number of hydrogen-bond donors (Lipinski definition) is 0. The molecule has 0 amide bonds. The number of methoxy groups -OCH3 is 1. The molecular formula is C27H31BrO4. The Balaban J connectivity index is 2.03. The van der Waals surface area contributed by atoms with Gasteiger partial charge in [-0.1, -0.05) is 80.0 Å². The van der Waals surface area contributed by atoms with Crippen LogP contribution in [0.15, 0.2) is 36.4 Å². The van der Waals surface area contributed by atoms with Crippen molar-refractivity contribution >= 4 is 40.0 Å². The summed E-state index contributed by atoms with van der Waals surface area (Å²) in [7, 11) is 1.38. The first-order valence-corrected chi connectivity index (χ1v) is 11.9. The highest BCUT2D eigenvalue weighted by Crippen LogP contribution is 2.48. The van der Waals surface area contributed by atoms with Gasteiger partial charge in [0.1, 0.15) is 6.10 Å². The molecule has 0 heterocycles. The minimum atomic E-state index is -0.344. The Morgan fingerprint density at radius 3 is 2.28 bits per heavy atom. The van der Waals surface area contributed by atoms with Gasteiger partial charge >= 0.3 is 11.9 Å². The summed E-state index contributed by atoms with van der Waals surface area (Å²) in [5.41, 5.74) is 5.96. The third-order valence-electron chi connectivity index (χ3n) is 6.44. The van der Waals surface area contributed by atoms with E-state index in [1.165, 1.54) is 30.7 Å². The van der Waals surface area contributed by atoms with Crippen LogP contribution < -0.4 is 0 Å². The topological polar surface area (TPSA) is 52.6 Å². The van der Waals surface area contributed by atoms with E-state index in [1.54, 1.807) is 12.1 Å². The summed E-state index contributed by atoms with van der Waals surface area (Å²) < 4.78 is 10.5. The average Bonchev–Trinajstić information content (AvgIpc) is 2.75. The van der Waals surface area contributed by atoms with Crippen molar-refractivity contribution in [2.75, 3.05) is 7.11 Å². The first-order valence-electron chi connectivity index (χ1n) is 10.8. The molecule has 0 fully saturated rings. The van der Waals surface area contributed by atoms with Gasteiger partial charge in [0.25, 0.3) is 0 Å². The largest absolute Gasteiger partial charge is 0.465 e. The van der Waals surface area contributed by atoms with Crippen LogP contribution in [0, 0.1) is 0 Å².